The molecule has 1 atom stereocenters. The van der Waals surface area contributed by atoms with Crippen molar-refractivity contribution in [2.75, 3.05) is 0 Å². The molecule has 0 spiro atoms. The quantitative estimate of drug-likeness (QED) is 0.586. The minimum Gasteiger partial charge on any atom is -0.0720 e. The average molecular weight is 242 g/mol. The van der Waals surface area contributed by atoms with Crippen molar-refractivity contribution in [1.82, 2.24) is 0 Å². The van der Waals surface area contributed by atoms with Crippen LogP contribution in [0.5, 0.6) is 0 Å². The summed E-state index contributed by atoms with van der Waals surface area (Å²) in [5.41, 5.74) is 6.96. The molecule has 4 aliphatic carbocycles. The van der Waals surface area contributed by atoms with Gasteiger partial charge in [0.05, 0.1) is 0 Å². The normalized spacial score (nSPS) is 33.9. The van der Waals surface area contributed by atoms with E-state index in [1.807, 2.05) is 0 Å². The smallest absolute Gasteiger partial charge is 0.0291 e. The Hall–Kier alpha value is -2.34. The van der Waals surface area contributed by atoms with Crippen LogP contribution in [0.1, 0.15) is 0 Å². The van der Waals surface area contributed by atoms with Gasteiger partial charge in [0.2, 0.25) is 0 Å². The average Bonchev–Trinajstić information content (AvgIpc) is 2.84. The lowest BCUT2D eigenvalue weighted by molar-refractivity contribution is 0.993. The number of rotatable bonds is 0. The SMILES string of the molecule is C1=CC2=C(/C=C\C=C/1)C1=C3/C(=C\C=C/C=C1)C=CC23. The van der Waals surface area contributed by atoms with Gasteiger partial charge in [0, 0.05) is 5.92 Å². The Morgan fingerprint density at radius 1 is 0.632 bits per heavy atom. The highest BCUT2D eigenvalue weighted by Gasteiger charge is 2.33. The van der Waals surface area contributed by atoms with Gasteiger partial charge in [0.1, 0.15) is 0 Å². The van der Waals surface area contributed by atoms with Crippen LogP contribution in [0.2, 0.25) is 0 Å². The summed E-state index contributed by atoms with van der Waals surface area (Å²) in [6.45, 7) is 0. The molecule has 0 saturated heterocycles. The second-order valence-corrected chi connectivity index (χ2v) is 5.00. The Kier molecular flexibility index (Phi) is 2.28. The second kappa shape index (κ2) is 4.10. The molecule has 1 unspecified atom stereocenters. The first-order chi connectivity index (χ1) is 9.45. The Morgan fingerprint density at radius 3 is 2.26 bits per heavy atom. The van der Waals surface area contributed by atoms with E-state index in [-0.39, 0.29) is 0 Å². The van der Waals surface area contributed by atoms with Gasteiger partial charge < -0.3 is 0 Å². The van der Waals surface area contributed by atoms with Gasteiger partial charge in [-0.2, -0.15) is 0 Å². The topological polar surface area (TPSA) is 0 Å². The molecule has 0 fully saturated rings. The molecule has 0 amide bonds. The van der Waals surface area contributed by atoms with E-state index in [0.717, 1.165) is 0 Å². The van der Waals surface area contributed by atoms with E-state index in [0.29, 0.717) is 5.92 Å². The van der Waals surface area contributed by atoms with Gasteiger partial charge >= 0.3 is 0 Å². The minimum atomic E-state index is 0.430. The first-order valence-electron chi connectivity index (χ1n) is 6.69. The molecule has 0 aromatic carbocycles. The number of hydrogen-bond acceptors (Lipinski definition) is 0. The van der Waals surface area contributed by atoms with E-state index >= 15 is 0 Å². The van der Waals surface area contributed by atoms with Crippen LogP contribution in [0.15, 0.2) is 107 Å². The minimum absolute atomic E-state index is 0.430. The Balaban J connectivity index is 1.96. The third-order valence-electron chi connectivity index (χ3n) is 3.95. The molecule has 0 heteroatoms. The molecule has 19 heavy (non-hydrogen) atoms. The second-order valence-electron chi connectivity index (χ2n) is 5.00. The molecule has 4 rings (SSSR count). The predicted molar refractivity (Wildman–Crippen MR) is 80.5 cm³/mol. The standard InChI is InChI=1S/C19H14/c1-2-6-10-16-15(9-5-1)17-11-7-3-4-8-14-12-13-18(16)19(14)17/h1-13,18H/b2-1-,4-3-,5-1?,6-2?,7-3?,8-4?,9-5-,10-6?,11-7?,14-8-,15-9?,16-10?,17-11?. The van der Waals surface area contributed by atoms with Crippen LogP contribution in [-0.4, -0.2) is 0 Å². The van der Waals surface area contributed by atoms with Gasteiger partial charge in [-0.05, 0) is 27.9 Å². The highest BCUT2D eigenvalue weighted by atomic mass is 14.4. The van der Waals surface area contributed by atoms with Gasteiger partial charge in [-0.3, -0.25) is 0 Å². The number of allylic oxidation sites excluding steroid dienone is 18. The summed E-state index contributed by atoms with van der Waals surface area (Å²) in [6, 6.07) is 0. The summed E-state index contributed by atoms with van der Waals surface area (Å²) in [4.78, 5) is 0. The van der Waals surface area contributed by atoms with Gasteiger partial charge in [0.15, 0.2) is 0 Å². The lowest BCUT2D eigenvalue weighted by atomic mass is 9.95. The van der Waals surface area contributed by atoms with Crippen LogP contribution in [0.25, 0.3) is 0 Å². The van der Waals surface area contributed by atoms with E-state index in [1.165, 1.54) is 27.9 Å². The van der Waals surface area contributed by atoms with E-state index < -0.39 is 0 Å². The molecule has 0 aromatic heterocycles. The molecule has 0 saturated carbocycles. The predicted octanol–water partition coefficient (Wildman–Crippen LogP) is 4.51. The van der Waals surface area contributed by atoms with E-state index in [4.69, 9.17) is 0 Å². The summed E-state index contributed by atoms with van der Waals surface area (Å²) in [5, 5.41) is 0. The zero-order valence-corrected chi connectivity index (χ0v) is 10.6. The highest BCUT2D eigenvalue weighted by Crippen LogP contribution is 2.47. The highest BCUT2D eigenvalue weighted by molar-refractivity contribution is 5.73. The Bertz CT molecular complexity index is 707. The van der Waals surface area contributed by atoms with Gasteiger partial charge in [-0.15, -0.1) is 0 Å². The van der Waals surface area contributed by atoms with Crippen molar-refractivity contribution in [3.63, 3.8) is 0 Å². The molecule has 0 radical (unpaired) electrons. The fraction of sp³-hybridized carbons (Fsp3) is 0.0526. The van der Waals surface area contributed by atoms with Gasteiger partial charge in [-0.25, -0.2) is 0 Å². The molecule has 4 aliphatic rings. The molecule has 0 aromatic rings. The zero-order chi connectivity index (χ0) is 12.7. The third-order valence-corrected chi connectivity index (χ3v) is 3.95. The molecule has 90 valence electrons. The molecule has 0 bridgehead atoms. The van der Waals surface area contributed by atoms with Crippen molar-refractivity contribution < 1.29 is 0 Å². The van der Waals surface area contributed by atoms with Crippen LogP contribution in [0, 0.1) is 5.92 Å². The van der Waals surface area contributed by atoms with Crippen LogP contribution < -0.4 is 0 Å². The van der Waals surface area contributed by atoms with E-state index in [2.05, 4.69) is 79.0 Å². The molecule has 0 heterocycles. The summed E-state index contributed by atoms with van der Waals surface area (Å²) < 4.78 is 0. The van der Waals surface area contributed by atoms with Crippen molar-refractivity contribution >= 4 is 0 Å². The van der Waals surface area contributed by atoms with Crippen molar-refractivity contribution in [1.29, 1.82) is 0 Å². The molecular weight excluding hydrogens is 228 g/mol. The number of hydrogen-bond donors (Lipinski definition) is 0. The summed E-state index contributed by atoms with van der Waals surface area (Å²) in [6.07, 6.45) is 28.3. The third kappa shape index (κ3) is 1.53. The van der Waals surface area contributed by atoms with Crippen molar-refractivity contribution in [2.24, 2.45) is 5.92 Å². The van der Waals surface area contributed by atoms with Crippen molar-refractivity contribution in [2.45, 2.75) is 0 Å². The fourth-order valence-corrected chi connectivity index (χ4v) is 3.13. The lowest BCUT2D eigenvalue weighted by Gasteiger charge is -2.08. The monoisotopic (exact) mass is 242 g/mol. The van der Waals surface area contributed by atoms with Gasteiger partial charge in [0.25, 0.3) is 0 Å². The van der Waals surface area contributed by atoms with Crippen molar-refractivity contribution in [3.05, 3.63) is 107 Å². The van der Waals surface area contributed by atoms with Crippen LogP contribution in [-0.2, 0) is 0 Å². The lowest BCUT2D eigenvalue weighted by Crippen LogP contribution is -1.96. The molecular formula is C19H14. The first kappa shape index (κ1) is 10.6. The van der Waals surface area contributed by atoms with Crippen LogP contribution >= 0.6 is 0 Å². The van der Waals surface area contributed by atoms with E-state index in [1.54, 1.807) is 0 Å². The Morgan fingerprint density at radius 2 is 1.37 bits per heavy atom. The zero-order valence-electron chi connectivity index (χ0n) is 10.6. The maximum Gasteiger partial charge on any atom is 0.0291 e. The molecule has 0 N–H and O–H groups in total. The van der Waals surface area contributed by atoms with Gasteiger partial charge in [-0.1, -0.05) is 79.0 Å². The Labute approximate surface area is 113 Å². The summed E-state index contributed by atoms with van der Waals surface area (Å²) in [7, 11) is 0. The van der Waals surface area contributed by atoms with Crippen LogP contribution in [0.4, 0.5) is 0 Å². The first-order valence-corrected chi connectivity index (χ1v) is 6.69. The molecule has 0 nitrogen and oxygen atoms in total. The summed E-state index contributed by atoms with van der Waals surface area (Å²) in [5.74, 6) is 0.430. The van der Waals surface area contributed by atoms with E-state index in [9.17, 15) is 0 Å². The van der Waals surface area contributed by atoms with Crippen LogP contribution in [0.3, 0.4) is 0 Å². The summed E-state index contributed by atoms with van der Waals surface area (Å²) >= 11 is 0. The number of fused-ring (bicyclic) bond motifs is 2. The molecule has 0 aliphatic heterocycles. The maximum atomic E-state index is 2.32. The van der Waals surface area contributed by atoms with Crippen molar-refractivity contribution in [3.8, 4) is 0 Å². The fourth-order valence-electron chi connectivity index (χ4n) is 3.13. The largest absolute Gasteiger partial charge is 0.0720 e. The maximum absolute atomic E-state index is 2.32.